The van der Waals surface area contributed by atoms with Crippen LogP contribution < -0.4 is 5.32 Å². The number of sulfone groups is 1. The van der Waals surface area contributed by atoms with Crippen LogP contribution in [0.4, 0.5) is 5.69 Å². The van der Waals surface area contributed by atoms with Crippen LogP contribution in [0.2, 0.25) is 10.0 Å². The Bertz CT molecular complexity index is 1120. The molecule has 1 aliphatic carbocycles. The first kappa shape index (κ1) is 23.6. The third-order valence-corrected chi connectivity index (χ3v) is 8.00. The van der Waals surface area contributed by atoms with Crippen molar-refractivity contribution in [3.63, 3.8) is 0 Å². The van der Waals surface area contributed by atoms with E-state index in [0.717, 1.165) is 43.2 Å². The van der Waals surface area contributed by atoms with Crippen LogP contribution in [-0.2, 0) is 26.6 Å². The Morgan fingerprint density at radius 3 is 2.47 bits per heavy atom. The van der Waals surface area contributed by atoms with Gasteiger partial charge in [0.2, 0.25) is 5.91 Å². The lowest BCUT2D eigenvalue weighted by molar-refractivity contribution is -0.130. The summed E-state index contributed by atoms with van der Waals surface area (Å²) in [6, 6.07) is 13.1. The van der Waals surface area contributed by atoms with Crippen LogP contribution in [-0.4, -0.2) is 43.8 Å². The van der Waals surface area contributed by atoms with E-state index in [-0.39, 0.29) is 17.7 Å². The molecule has 0 radical (unpaired) electrons. The Balaban J connectivity index is 1.87. The molecule has 1 unspecified atom stereocenters. The maximum atomic E-state index is 13.8. The molecule has 1 fully saturated rings. The molecule has 2 aromatic rings. The van der Waals surface area contributed by atoms with E-state index in [1.54, 1.807) is 12.1 Å². The lowest BCUT2D eigenvalue weighted by Crippen LogP contribution is -2.58. The molecule has 1 saturated carbocycles. The zero-order valence-electron chi connectivity index (χ0n) is 18.1. The van der Waals surface area contributed by atoms with Gasteiger partial charge in [0.25, 0.3) is 0 Å². The Morgan fingerprint density at radius 2 is 1.78 bits per heavy atom. The van der Waals surface area contributed by atoms with Gasteiger partial charge in [0.05, 0.1) is 5.75 Å². The summed E-state index contributed by atoms with van der Waals surface area (Å²) in [4.78, 5) is 15.9. The smallest absolute Gasteiger partial charge is 0.249 e. The third-order valence-electron chi connectivity index (χ3n) is 6.61. The van der Waals surface area contributed by atoms with Crippen molar-refractivity contribution >= 4 is 44.6 Å². The summed E-state index contributed by atoms with van der Waals surface area (Å²) in [5.74, 6) is -0.148. The Labute approximate surface area is 200 Å². The fourth-order valence-electron chi connectivity index (χ4n) is 5.18. The van der Waals surface area contributed by atoms with Crippen LogP contribution in [0.3, 0.4) is 0 Å². The number of fused-ring (bicyclic) bond motifs is 1. The average Bonchev–Trinajstić information content (AvgIpc) is 2.99. The van der Waals surface area contributed by atoms with Gasteiger partial charge in [0.1, 0.15) is 15.4 Å². The number of benzene rings is 2. The normalized spacial score (nSPS) is 21.6. The van der Waals surface area contributed by atoms with E-state index >= 15 is 0 Å². The highest BCUT2D eigenvalue weighted by Gasteiger charge is 2.53. The van der Waals surface area contributed by atoms with Gasteiger partial charge in [0, 0.05) is 46.6 Å². The molecule has 1 atom stereocenters. The molecule has 4 rings (SSSR count). The second kappa shape index (κ2) is 9.34. The van der Waals surface area contributed by atoms with Crippen LogP contribution in [0.25, 0.3) is 0 Å². The number of nitrogens with one attached hydrogen (secondary N) is 1. The first-order valence-corrected chi connectivity index (χ1v) is 13.8. The van der Waals surface area contributed by atoms with Crippen molar-refractivity contribution in [2.45, 2.75) is 50.1 Å². The minimum absolute atomic E-state index is 0.00298. The van der Waals surface area contributed by atoms with E-state index in [1.807, 2.05) is 30.3 Å². The van der Waals surface area contributed by atoms with Crippen molar-refractivity contribution < 1.29 is 13.2 Å². The number of amides is 1. The summed E-state index contributed by atoms with van der Waals surface area (Å²) in [5, 5.41) is 4.18. The molecule has 0 spiro atoms. The zero-order valence-corrected chi connectivity index (χ0v) is 20.4. The Kier molecular flexibility index (Phi) is 6.87. The van der Waals surface area contributed by atoms with Crippen LogP contribution in [0, 0.1) is 0 Å². The highest BCUT2D eigenvalue weighted by atomic mass is 35.5. The molecule has 1 N–H and O–H groups in total. The van der Waals surface area contributed by atoms with Crippen molar-refractivity contribution in [3.05, 3.63) is 63.6 Å². The molecule has 0 saturated heterocycles. The van der Waals surface area contributed by atoms with Gasteiger partial charge < -0.3 is 5.32 Å². The molecule has 32 heavy (non-hydrogen) atoms. The zero-order chi connectivity index (χ0) is 22.9. The van der Waals surface area contributed by atoms with Gasteiger partial charge in [-0.1, -0.05) is 60.7 Å². The second-order valence-electron chi connectivity index (χ2n) is 8.93. The van der Waals surface area contributed by atoms with Gasteiger partial charge in [-0.05, 0) is 42.7 Å². The lowest BCUT2D eigenvalue weighted by Gasteiger charge is -2.46. The van der Waals surface area contributed by atoms with E-state index < -0.39 is 15.4 Å². The van der Waals surface area contributed by atoms with Crippen LogP contribution >= 0.6 is 23.2 Å². The summed E-state index contributed by atoms with van der Waals surface area (Å²) >= 11 is 12.5. The first-order chi connectivity index (χ1) is 15.2. The van der Waals surface area contributed by atoms with E-state index in [0.29, 0.717) is 28.7 Å². The van der Waals surface area contributed by atoms with Gasteiger partial charge in [-0.3, -0.25) is 9.69 Å². The van der Waals surface area contributed by atoms with E-state index in [2.05, 4.69) is 10.2 Å². The summed E-state index contributed by atoms with van der Waals surface area (Å²) in [6.07, 6.45) is 6.84. The minimum atomic E-state index is -3.21. The monoisotopic (exact) mass is 494 g/mol. The molecule has 0 bridgehead atoms. The van der Waals surface area contributed by atoms with Gasteiger partial charge in [0.15, 0.2) is 0 Å². The number of hydrogen-bond donors (Lipinski definition) is 1. The lowest BCUT2D eigenvalue weighted by atomic mass is 9.80. The number of nitrogens with zero attached hydrogens (tertiary/aromatic N) is 1. The predicted octanol–water partition coefficient (Wildman–Crippen LogP) is 5.06. The fourth-order valence-corrected chi connectivity index (χ4v) is 6.09. The van der Waals surface area contributed by atoms with Crippen molar-refractivity contribution in [1.82, 2.24) is 4.90 Å². The summed E-state index contributed by atoms with van der Waals surface area (Å²) in [6.45, 7) is 0.291. The van der Waals surface area contributed by atoms with Crippen molar-refractivity contribution in [2.75, 3.05) is 23.9 Å². The van der Waals surface area contributed by atoms with Gasteiger partial charge in [-0.2, -0.15) is 0 Å². The predicted molar refractivity (Wildman–Crippen MR) is 130 cm³/mol. The maximum absolute atomic E-state index is 13.8. The third kappa shape index (κ3) is 4.84. The summed E-state index contributed by atoms with van der Waals surface area (Å²) in [7, 11) is -3.21. The Hall–Kier alpha value is -1.60. The number of halogens is 2. The van der Waals surface area contributed by atoms with Gasteiger partial charge >= 0.3 is 0 Å². The minimum Gasteiger partial charge on any atom is -0.324 e. The number of anilines is 1. The second-order valence-corrected chi connectivity index (χ2v) is 12.1. The fraction of sp³-hybridized carbons (Fsp3) is 0.458. The standard InChI is InChI=1S/C24H28Cl2N2O3S/c1-32(30,31)13-12-28(20-8-3-2-4-9-20)24(16-17-6-5-7-18(25)14-17)21-11-10-19(26)15-22(21)27-23(24)29/h5-7,10-11,14-15,20H,2-4,8-9,12-13,16H2,1H3,(H,27,29). The number of hydrogen-bond acceptors (Lipinski definition) is 4. The van der Waals surface area contributed by atoms with Crippen LogP contribution in [0.1, 0.15) is 43.2 Å². The van der Waals surface area contributed by atoms with Crippen LogP contribution in [0.15, 0.2) is 42.5 Å². The molecule has 1 heterocycles. The molecule has 2 aromatic carbocycles. The highest BCUT2D eigenvalue weighted by Crippen LogP contribution is 2.46. The molecule has 1 amide bonds. The molecular weight excluding hydrogens is 467 g/mol. The van der Waals surface area contributed by atoms with Gasteiger partial charge in [-0.25, -0.2) is 8.42 Å². The highest BCUT2D eigenvalue weighted by molar-refractivity contribution is 7.90. The Morgan fingerprint density at radius 1 is 1.06 bits per heavy atom. The van der Waals surface area contributed by atoms with E-state index in [9.17, 15) is 13.2 Å². The SMILES string of the molecule is CS(=O)(=O)CCN(C1CCCCC1)C1(Cc2cccc(Cl)c2)C(=O)Nc2cc(Cl)ccc21. The largest absolute Gasteiger partial charge is 0.324 e. The summed E-state index contributed by atoms with van der Waals surface area (Å²) < 4.78 is 24.3. The first-order valence-electron chi connectivity index (χ1n) is 11.0. The number of rotatable bonds is 7. The molecular formula is C24H28Cl2N2O3S. The molecule has 0 aromatic heterocycles. The summed E-state index contributed by atoms with van der Waals surface area (Å²) in [5.41, 5.74) is 1.42. The molecule has 172 valence electrons. The molecule has 1 aliphatic heterocycles. The van der Waals surface area contributed by atoms with Gasteiger partial charge in [-0.15, -0.1) is 0 Å². The average molecular weight is 495 g/mol. The molecule has 2 aliphatic rings. The van der Waals surface area contributed by atoms with E-state index in [4.69, 9.17) is 23.2 Å². The van der Waals surface area contributed by atoms with Crippen molar-refractivity contribution in [2.24, 2.45) is 0 Å². The van der Waals surface area contributed by atoms with E-state index in [1.165, 1.54) is 6.26 Å². The van der Waals surface area contributed by atoms with Crippen LogP contribution in [0.5, 0.6) is 0 Å². The van der Waals surface area contributed by atoms with Crippen molar-refractivity contribution in [1.29, 1.82) is 0 Å². The quantitative estimate of drug-likeness (QED) is 0.583. The molecule has 8 heteroatoms. The number of carbonyl (C=O) groups excluding carboxylic acids is 1. The number of carbonyl (C=O) groups is 1. The maximum Gasteiger partial charge on any atom is 0.249 e. The van der Waals surface area contributed by atoms with Crippen molar-refractivity contribution in [3.8, 4) is 0 Å². The topological polar surface area (TPSA) is 66.5 Å². The molecule has 5 nitrogen and oxygen atoms in total.